The van der Waals surface area contributed by atoms with E-state index in [9.17, 15) is 9.59 Å². The molecule has 2 aromatic carbocycles. The molecule has 0 radical (unpaired) electrons. The van der Waals surface area contributed by atoms with Crippen molar-refractivity contribution in [3.05, 3.63) is 89.7 Å². The molecule has 6 heteroatoms. The number of amides is 2. The Morgan fingerprint density at radius 2 is 1.63 bits per heavy atom. The van der Waals surface area contributed by atoms with E-state index in [0.29, 0.717) is 17.8 Å². The van der Waals surface area contributed by atoms with Gasteiger partial charge >= 0.3 is 0 Å². The molecule has 0 fully saturated rings. The molecular formula is C21H22N4O2. The van der Waals surface area contributed by atoms with Gasteiger partial charge in [0, 0.05) is 38.1 Å². The molecule has 0 aliphatic heterocycles. The smallest absolute Gasteiger partial charge is 0.286 e. The summed E-state index contributed by atoms with van der Waals surface area (Å²) in [4.78, 5) is 26.7. The van der Waals surface area contributed by atoms with Gasteiger partial charge in [-0.15, -0.1) is 0 Å². The zero-order chi connectivity index (χ0) is 19.2. The molecule has 0 spiro atoms. The summed E-state index contributed by atoms with van der Waals surface area (Å²) in [5.41, 5.74) is 7.90. The number of nitrogens with one attached hydrogen (secondary N) is 2. The summed E-state index contributed by atoms with van der Waals surface area (Å²) in [6.45, 7) is 0.579. The molecule has 0 unspecified atom stereocenters. The van der Waals surface area contributed by atoms with Gasteiger partial charge < -0.3 is 9.47 Å². The zero-order valence-electron chi connectivity index (χ0n) is 15.3. The van der Waals surface area contributed by atoms with Crippen molar-refractivity contribution in [2.24, 2.45) is 0 Å². The van der Waals surface area contributed by atoms with Crippen LogP contribution < -0.4 is 15.8 Å². The first-order valence-electron chi connectivity index (χ1n) is 8.62. The Hall–Kier alpha value is -3.54. The van der Waals surface area contributed by atoms with Crippen molar-refractivity contribution in [3.63, 3.8) is 0 Å². The number of anilines is 1. The van der Waals surface area contributed by atoms with Gasteiger partial charge in [-0.2, -0.15) is 0 Å². The zero-order valence-corrected chi connectivity index (χ0v) is 15.3. The Kier molecular flexibility index (Phi) is 5.56. The summed E-state index contributed by atoms with van der Waals surface area (Å²) in [5, 5.41) is 0. The second kappa shape index (κ2) is 8.23. The molecule has 2 amide bonds. The molecule has 2 N–H and O–H groups in total. The maximum absolute atomic E-state index is 12.5. The van der Waals surface area contributed by atoms with Crippen molar-refractivity contribution in [2.75, 3.05) is 19.0 Å². The van der Waals surface area contributed by atoms with E-state index >= 15 is 0 Å². The van der Waals surface area contributed by atoms with Gasteiger partial charge in [-0.25, -0.2) is 0 Å². The number of nitrogens with zero attached hydrogens (tertiary/aromatic N) is 2. The van der Waals surface area contributed by atoms with Gasteiger partial charge in [-0.3, -0.25) is 20.4 Å². The Bertz CT molecular complexity index is 932. The fourth-order valence-electron chi connectivity index (χ4n) is 2.71. The lowest BCUT2D eigenvalue weighted by atomic mass is 10.2. The van der Waals surface area contributed by atoms with Crippen LogP contribution in [0.2, 0.25) is 0 Å². The van der Waals surface area contributed by atoms with Gasteiger partial charge in [-0.05, 0) is 35.9 Å². The highest BCUT2D eigenvalue weighted by atomic mass is 16.2. The molecule has 0 aliphatic rings. The van der Waals surface area contributed by atoms with Crippen LogP contribution in [-0.4, -0.2) is 30.5 Å². The third-order valence-electron chi connectivity index (χ3n) is 4.17. The first kappa shape index (κ1) is 18.3. The Labute approximate surface area is 158 Å². The minimum atomic E-state index is -0.368. The number of carbonyl (C=O) groups excluding carboxylic acids is 2. The van der Waals surface area contributed by atoms with Crippen LogP contribution in [0.4, 0.5) is 5.69 Å². The van der Waals surface area contributed by atoms with Crippen LogP contribution in [-0.2, 0) is 6.54 Å². The maximum Gasteiger partial charge on any atom is 0.286 e. The van der Waals surface area contributed by atoms with Crippen LogP contribution in [0.1, 0.15) is 26.4 Å². The van der Waals surface area contributed by atoms with Gasteiger partial charge in [0.15, 0.2) is 0 Å². The van der Waals surface area contributed by atoms with Gasteiger partial charge in [0.05, 0.1) is 0 Å². The molecule has 1 heterocycles. The number of hydrogen-bond acceptors (Lipinski definition) is 3. The largest absolute Gasteiger partial charge is 0.378 e. The molecule has 0 saturated heterocycles. The van der Waals surface area contributed by atoms with E-state index in [0.717, 1.165) is 11.3 Å². The molecule has 3 aromatic rings. The summed E-state index contributed by atoms with van der Waals surface area (Å²) < 4.78 is 1.84. The highest BCUT2D eigenvalue weighted by Crippen LogP contribution is 2.13. The van der Waals surface area contributed by atoms with E-state index in [1.807, 2.05) is 66.2 Å². The van der Waals surface area contributed by atoms with Crippen LogP contribution in [0.25, 0.3) is 0 Å². The molecule has 3 rings (SSSR count). The molecule has 1 aromatic heterocycles. The van der Waals surface area contributed by atoms with E-state index in [-0.39, 0.29) is 11.8 Å². The molecular weight excluding hydrogens is 340 g/mol. The third-order valence-corrected chi connectivity index (χ3v) is 4.17. The van der Waals surface area contributed by atoms with Gasteiger partial charge in [-0.1, -0.05) is 36.4 Å². The summed E-state index contributed by atoms with van der Waals surface area (Å²) in [6, 6.07) is 20.6. The molecule has 0 aliphatic carbocycles. The first-order chi connectivity index (χ1) is 13.0. The average molecular weight is 362 g/mol. The topological polar surface area (TPSA) is 66.4 Å². The van der Waals surface area contributed by atoms with Crippen molar-refractivity contribution in [1.82, 2.24) is 15.4 Å². The van der Waals surface area contributed by atoms with Crippen LogP contribution in [0, 0.1) is 0 Å². The standard InChI is InChI=1S/C21H22N4O2/c1-24(2)18-11-6-10-17(14-18)20(26)22-23-21(27)19-12-7-13-25(19)15-16-8-4-3-5-9-16/h3-14H,15H2,1-2H3,(H,22,26)(H,23,27). The third kappa shape index (κ3) is 4.55. The second-order valence-corrected chi connectivity index (χ2v) is 6.36. The summed E-state index contributed by atoms with van der Waals surface area (Å²) >= 11 is 0. The van der Waals surface area contributed by atoms with Crippen molar-refractivity contribution in [2.45, 2.75) is 6.54 Å². The first-order valence-corrected chi connectivity index (χ1v) is 8.62. The van der Waals surface area contributed by atoms with E-state index in [2.05, 4.69) is 10.9 Å². The minimum Gasteiger partial charge on any atom is -0.378 e. The number of benzene rings is 2. The SMILES string of the molecule is CN(C)c1cccc(C(=O)NNC(=O)c2cccn2Cc2ccccc2)c1. The van der Waals surface area contributed by atoms with E-state index in [4.69, 9.17) is 0 Å². The number of carbonyl (C=O) groups is 2. The normalized spacial score (nSPS) is 10.3. The van der Waals surface area contributed by atoms with E-state index in [1.54, 1.807) is 30.3 Å². The second-order valence-electron chi connectivity index (χ2n) is 6.36. The Morgan fingerprint density at radius 1 is 0.889 bits per heavy atom. The van der Waals surface area contributed by atoms with Gasteiger partial charge in [0.1, 0.15) is 5.69 Å². The minimum absolute atomic E-state index is 0.367. The van der Waals surface area contributed by atoms with Crippen LogP contribution in [0.3, 0.4) is 0 Å². The lowest BCUT2D eigenvalue weighted by Gasteiger charge is -2.14. The van der Waals surface area contributed by atoms with Crippen molar-refractivity contribution < 1.29 is 9.59 Å². The summed E-state index contributed by atoms with van der Waals surface area (Å²) in [5.74, 6) is -0.735. The van der Waals surface area contributed by atoms with Crippen molar-refractivity contribution >= 4 is 17.5 Å². The predicted molar refractivity (Wildman–Crippen MR) is 106 cm³/mol. The maximum atomic E-state index is 12.5. The molecule has 6 nitrogen and oxygen atoms in total. The highest BCUT2D eigenvalue weighted by molar-refractivity contribution is 5.98. The lowest BCUT2D eigenvalue weighted by molar-refractivity contribution is 0.0841. The van der Waals surface area contributed by atoms with Gasteiger partial charge in [0.2, 0.25) is 0 Å². The fraction of sp³-hybridized carbons (Fsp3) is 0.143. The molecule has 0 atom stereocenters. The monoisotopic (exact) mass is 362 g/mol. The molecule has 138 valence electrons. The van der Waals surface area contributed by atoms with Crippen LogP contribution in [0.15, 0.2) is 72.9 Å². The van der Waals surface area contributed by atoms with E-state index in [1.165, 1.54) is 0 Å². The number of hydrogen-bond donors (Lipinski definition) is 2. The Morgan fingerprint density at radius 3 is 2.37 bits per heavy atom. The Balaban J connectivity index is 1.64. The lowest BCUT2D eigenvalue weighted by Crippen LogP contribution is -2.42. The summed E-state index contributed by atoms with van der Waals surface area (Å²) in [6.07, 6.45) is 1.84. The number of rotatable bonds is 5. The average Bonchev–Trinajstić information content (AvgIpc) is 3.15. The number of aromatic nitrogens is 1. The van der Waals surface area contributed by atoms with Crippen LogP contribution in [0.5, 0.6) is 0 Å². The van der Waals surface area contributed by atoms with Gasteiger partial charge in [0.25, 0.3) is 11.8 Å². The molecule has 0 saturated carbocycles. The van der Waals surface area contributed by atoms with E-state index < -0.39 is 0 Å². The quantitative estimate of drug-likeness (QED) is 0.686. The van der Waals surface area contributed by atoms with Crippen molar-refractivity contribution in [3.8, 4) is 0 Å². The van der Waals surface area contributed by atoms with Crippen molar-refractivity contribution in [1.29, 1.82) is 0 Å². The van der Waals surface area contributed by atoms with Crippen LogP contribution >= 0.6 is 0 Å². The number of hydrazine groups is 1. The molecule has 27 heavy (non-hydrogen) atoms. The molecule has 0 bridgehead atoms. The summed E-state index contributed by atoms with van der Waals surface area (Å²) in [7, 11) is 3.80. The predicted octanol–water partition coefficient (Wildman–Crippen LogP) is 2.68. The fourth-order valence-corrected chi connectivity index (χ4v) is 2.71. The highest BCUT2D eigenvalue weighted by Gasteiger charge is 2.13.